The molecule has 0 aromatic heterocycles. The highest BCUT2D eigenvalue weighted by Gasteiger charge is 2.36. The molecule has 0 heterocycles. The van der Waals surface area contributed by atoms with Gasteiger partial charge in [-0.2, -0.15) is 5.26 Å². The van der Waals surface area contributed by atoms with Gasteiger partial charge in [-0.15, -0.1) is 0 Å². The van der Waals surface area contributed by atoms with Crippen molar-refractivity contribution in [2.45, 2.75) is 116 Å². The molecule has 0 spiro atoms. The van der Waals surface area contributed by atoms with Crippen LogP contribution in [0.2, 0.25) is 0 Å². The molecule has 4 nitrogen and oxygen atoms in total. The molecule has 0 N–H and O–H groups in total. The standard InChI is InChI=1S/C34H46FNO3/c1-3-5-7-9-11-21-34(26-36)22-19-30(20-23-34)39-33(37)31-18-15-28(25-32(31)35)27-13-16-29(17-14-27)38-24-12-10-8-6-4-2/h13-18,25,30H,3-12,19-24H2,1-2H3. The van der Waals surface area contributed by atoms with E-state index in [9.17, 15) is 14.4 Å². The largest absolute Gasteiger partial charge is 0.494 e. The van der Waals surface area contributed by atoms with E-state index in [1.807, 2.05) is 24.3 Å². The minimum atomic E-state index is -0.629. The highest BCUT2D eigenvalue weighted by atomic mass is 19.1. The van der Waals surface area contributed by atoms with Crippen molar-refractivity contribution in [1.29, 1.82) is 5.26 Å². The van der Waals surface area contributed by atoms with E-state index in [0.29, 0.717) is 25.0 Å². The molecule has 0 radical (unpaired) electrons. The Morgan fingerprint density at radius 3 is 2.13 bits per heavy atom. The topological polar surface area (TPSA) is 59.3 Å². The number of hydrogen-bond donors (Lipinski definition) is 0. The highest BCUT2D eigenvalue weighted by Crippen LogP contribution is 2.41. The minimum Gasteiger partial charge on any atom is -0.494 e. The zero-order valence-electron chi connectivity index (χ0n) is 24.0. The number of carbonyl (C=O) groups is 1. The molecule has 3 rings (SSSR count). The van der Waals surface area contributed by atoms with Gasteiger partial charge in [-0.05, 0) is 73.9 Å². The Labute approximate surface area is 234 Å². The Kier molecular flexibility index (Phi) is 12.8. The summed E-state index contributed by atoms with van der Waals surface area (Å²) in [4.78, 5) is 12.8. The summed E-state index contributed by atoms with van der Waals surface area (Å²) in [5.41, 5.74) is 1.20. The van der Waals surface area contributed by atoms with E-state index in [1.54, 1.807) is 6.07 Å². The molecule has 2 aromatic carbocycles. The van der Waals surface area contributed by atoms with Crippen LogP contribution >= 0.6 is 0 Å². The fraction of sp³-hybridized carbons (Fsp3) is 0.588. The van der Waals surface area contributed by atoms with Gasteiger partial charge in [0.2, 0.25) is 0 Å². The second kappa shape index (κ2) is 16.3. The van der Waals surface area contributed by atoms with Gasteiger partial charge in [-0.1, -0.05) is 89.8 Å². The second-order valence-electron chi connectivity index (χ2n) is 11.1. The van der Waals surface area contributed by atoms with E-state index in [4.69, 9.17) is 9.47 Å². The van der Waals surface area contributed by atoms with Gasteiger partial charge >= 0.3 is 5.97 Å². The molecule has 0 amide bonds. The maximum absolute atomic E-state index is 15.0. The van der Waals surface area contributed by atoms with Crippen LogP contribution in [-0.2, 0) is 4.74 Å². The molecule has 0 aliphatic heterocycles. The Morgan fingerprint density at radius 1 is 0.897 bits per heavy atom. The van der Waals surface area contributed by atoms with Crippen molar-refractivity contribution in [1.82, 2.24) is 0 Å². The lowest BCUT2D eigenvalue weighted by Crippen LogP contribution is -2.31. The van der Waals surface area contributed by atoms with Crippen molar-refractivity contribution in [2.24, 2.45) is 5.41 Å². The first-order valence-corrected chi connectivity index (χ1v) is 15.2. The number of halogens is 1. The zero-order valence-corrected chi connectivity index (χ0v) is 24.0. The molecular weight excluding hydrogens is 489 g/mol. The summed E-state index contributed by atoms with van der Waals surface area (Å²) >= 11 is 0. The number of ether oxygens (including phenoxy) is 2. The molecule has 0 unspecified atom stereocenters. The third kappa shape index (κ3) is 9.67. The van der Waals surface area contributed by atoms with Gasteiger partial charge in [0.25, 0.3) is 0 Å². The molecule has 1 aliphatic rings. The van der Waals surface area contributed by atoms with Crippen LogP contribution in [0.3, 0.4) is 0 Å². The lowest BCUT2D eigenvalue weighted by molar-refractivity contribution is 0.0100. The Morgan fingerprint density at radius 2 is 1.51 bits per heavy atom. The van der Waals surface area contributed by atoms with Gasteiger partial charge in [-0.25, -0.2) is 9.18 Å². The molecule has 212 valence electrons. The molecule has 2 aromatic rings. The average molecular weight is 536 g/mol. The molecular formula is C34H46FNO3. The van der Waals surface area contributed by atoms with Crippen LogP contribution in [0.25, 0.3) is 11.1 Å². The molecule has 0 saturated heterocycles. The van der Waals surface area contributed by atoms with Gasteiger partial charge in [0.05, 0.1) is 23.7 Å². The van der Waals surface area contributed by atoms with E-state index in [0.717, 1.165) is 43.4 Å². The van der Waals surface area contributed by atoms with Gasteiger partial charge in [0.1, 0.15) is 17.7 Å². The van der Waals surface area contributed by atoms with Crippen LogP contribution in [0.1, 0.15) is 121 Å². The van der Waals surface area contributed by atoms with E-state index in [1.165, 1.54) is 63.5 Å². The van der Waals surface area contributed by atoms with Gasteiger partial charge in [0.15, 0.2) is 0 Å². The van der Waals surface area contributed by atoms with Crippen LogP contribution in [0.15, 0.2) is 42.5 Å². The number of nitriles is 1. The number of benzene rings is 2. The molecule has 1 saturated carbocycles. The third-order valence-corrected chi connectivity index (χ3v) is 8.05. The van der Waals surface area contributed by atoms with Crippen molar-refractivity contribution >= 4 is 5.97 Å². The fourth-order valence-corrected chi connectivity index (χ4v) is 5.46. The van der Waals surface area contributed by atoms with Crippen LogP contribution in [0.5, 0.6) is 5.75 Å². The van der Waals surface area contributed by atoms with Gasteiger partial charge in [0, 0.05) is 0 Å². The summed E-state index contributed by atoms with van der Waals surface area (Å²) in [5.74, 6) is -0.408. The molecule has 0 bridgehead atoms. The second-order valence-corrected chi connectivity index (χ2v) is 11.1. The minimum absolute atomic E-state index is 0.0465. The van der Waals surface area contributed by atoms with Crippen LogP contribution in [0.4, 0.5) is 4.39 Å². The van der Waals surface area contributed by atoms with Gasteiger partial charge < -0.3 is 9.47 Å². The summed E-state index contributed by atoms with van der Waals surface area (Å²) in [5, 5.41) is 9.82. The first-order valence-electron chi connectivity index (χ1n) is 15.2. The van der Waals surface area contributed by atoms with Crippen LogP contribution in [0, 0.1) is 22.6 Å². The van der Waals surface area contributed by atoms with E-state index < -0.39 is 11.8 Å². The van der Waals surface area contributed by atoms with E-state index in [-0.39, 0.29) is 17.1 Å². The first-order chi connectivity index (χ1) is 19.0. The normalized spacial score (nSPS) is 18.9. The summed E-state index contributed by atoms with van der Waals surface area (Å²) < 4.78 is 26.5. The smallest absolute Gasteiger partial charge is 0.341 e. The van der Waals surface area contributed by atoms with Crippen molar-refractivity contribution in [2.75, 3.05) is 6.61 Å². The molecule has 0 atom stereocenters. The quantitative estimate of drug-likeness (QED) is 0.158. The summed E-state index contributed by atoms with van der Waals surface area (Å²) in [6.45, 7) is 5.11. The monoisotopic (exact) mass is 535 g/mol. The van der Waals surface area contributed by atoms with E-state index >= 15 is 0 Å². The lowest BCUT2D eigenvalue weighted by atomic mass is 9.71. The fourth-order valence-electron chi connectivity index (χ4n) is 5.46. The number of rotatable bonds is 16. The maximum Gasteiger partial charge on any atom is 0.341 e. The van der Waals surface area contributed by atoms with E-state index in [2.05, 4.69) is 19.9 Å². The number of nitrogens with zero attached hydrogens (tertiary/aromatic N) is 1. The highest BCUT2D eigenvalue weighted by molar-refractivity contribution is 5.90. The summed E-state index contributed by atoms with van der Waals surface area (Å²) in [6.07, 6.45) is 15.3. The van der Waals surface area contributed by atoms with Crippen molar-refractivity contribution in [3.05, 3.63) is 53.8 Å². The maximum atomic E-state index is 15.0. The number of carbonyl (C=O) groups excluding carboxylic acids is 1. The molecule has 39 heavy (non-hydrogen) atoms. The zero-order chi connectivity index (χ0) is 27.9. The van der Waals surface area contributed by atoms with Crippen LogP contribution in [-0.4, -0.2) is 18.7 Å². The van der Waals surface area contributed by atoms with Crippen molar-refractivity contribution < 1.29 is 18.7 Å². The lowest BCUT2D eigenvalue weighted by Gasteiger charge is -2.34. The molecule has 1 aliphatic carbocycles. The molecule has 1 fully saturated rings. The summed E-state index contributed by atoms with van der Waals surface area (Å²) in [7, 11) is 0. The predicted octanol–water partition coefficient (Wildman–Crippen LogP) is 9.81. The third-order valence-electron chi connectivity index (χ3n) is 8.05. The summed E-state index contributed by atoms with van der Waals surface area (Å²) in [6, 6.07) is 14.8. The predicted molar refractivity (Wildman–Crippen MR) is 155 cm³/mol. The van der Waals surface area contributed by atoms with Crippen molar-refractivity contribution in [3.63, 3.8) is 0 Å². The van der Waals surface area contributed by atoms with Crippen LogP contribution < -0.4 is 4.74 Å². The number of esters is 1. The Hall–Kier alpha value is -2.87. The number of hydrogen-bond acceptors (Lipinski definition) is 4. The molecule has 5 heteroatoms. The SMILES string of the molecule is CCCCCCCOc1ccc(-c2ccc(C(=O)OC3CCC(C#N)(CCCCCCC)CC3)c(F)c2)cc1. The average Bonchev–Trinajstić information content (AvgIpc) is 2.96. The Bertz CT molecular complexity index is 1050. The van der Waals surface area contributed by atoms with Crippen molar-refractivity contribution in [3.8, 4) is 22.9 Å². The van der Waals surface area contributed by atoms with Gasteiger partial charge in [-0.3, -0.25) is 0 Å². The number of unbranched alkanes of at least 4 members (excludes halogenated alkanes) is 8. The Balaban J connectivity index is 1.48. The first kappa shape index (κ1) is 30.7.